The quantitative estimate of drug-likeness (QED) is 0.251. The van der Waals surface area contributed by atoms with Crippen molar-refractivity contribution in [3.63, 3.8) is 0 Å². The largest absolute Gasteiger partial charge is 0.382 e. The minimum Gasteiger partial charge on any atom is -0.382 e. The highest BCUT2D eigenvalue weighted by atomic mass is 32.2. The number of H-pyrrole nitrogens is 2. The van der Waals surface area contributed by atoms with Crippen LogP contribution in [0.25, 0.3) is 44.3 Å². The molecule has 0 spiro atoms. The highest BCUT2D eigenvalue weighted by Crippen LogP contribution is 2.33. The van der Waals surface area contributed by atoms with E-state index in [9.17, 15) is 4.21 Å². The number of aromatic nitrogens is 4. The van der Waals surface area contributed by atoms with E-state index < -0.39 is 11.0 Å². The van der Waals surface area contributed by atoms with E-state index in [1.165, 1.54) is 0 Å². The molecule has 0 aliphatic carbocycles. The molecule has 0 aliphatic heterocycles. The molecule has 0 amide bonds. The van der Waals surface area contributed by atoms with E-state index in [0.717, 1.165) is 60.5 Å². The summed E-state index contributed by atoms with van der Waals surface area (Å²) in [5.74, 6) is 0.485. The predicted octanol–water partition coefficient (Wildman–Crippen LogP) is 5.80. The Morgan fingerprint density at radius 2 is 1.66 bits per heavy atom. The van der Waals surface area contributed by atoms with Crippen LogP contribution in [-0.2, 0) is 11.0 Å². The van der Waals surface area contributed by atoms with Crippen molar-refractivity contribution in [3.8, 4) is 22.4 Å². The highest BCUT2D eigenvalue weighted by molar-refractivity contribution is 7.86. The third-order valence-corrected chi connectivity index (χ3v) is 7.20. The first-order valence-corrected chi connectivity index (χ1v) is 12.3. The lowest BCUT2D eigenvalue weighted by molar-refractivity contribution is 0.686. The van der Waals surface area contributed by atoms with Gasteiger partial charge in [0.05, 0.1) is 10.4 Å². The number of aromatic amines is 2. The number of hydrogen-bond donors (Lipinski definition) is 4. The summed E-state index contributed by atoms with van der Waals surface area (Å²) in [4.78, 5) is 8.69. The Hall–Kier alpha value is -4.43. The summed E-state index contributed by atoms with van der Waals surface area (Å²) in [7, 11) is -1.32. The van der Waals surface area contributed by atoms with Crippen LogP contribution in [0.2, 0.25) is 0 Å². The summed E-state index contributed by atoms with van der Waals surface area (Å²) < 4.78 is 15.7. The Kier molecular flexibility index (Phi) is 5.08. The minimum absolute atomic E-state index is 0.485. The number of rotatable bonds is 5. The molecule has 0 saturated heterocycles. The van der Waals surface area contributed by atoms with E-state index in [-0.39, 0.29) is 0 Å². The van der Waals surface area contributed by atoms with Crippen molar-refractivity contribution in [1.82, 2.24) is 20.2 Å². The first-order chi connectivity index (χ1) is 17.0. The SMILES string of the molecule is Cc1ccc(S(=O)Nc2ccc(-c3cc4c(-c5ccc6[nH]nc(N)c6c5)ccnc4[nH]3)cc2)cc1. The zero-order chi connectivity index (χ0) is 23.9. The summed E-state index contributed by atoms with van der Waals surface area (Å²) in [6, 6.07) is 25.7. The average molecular weight is 479 g/mol. The van der Waals surface area contributed by atoms with Crippen LogP contribution in [0.5, 0.6) is 0 Å². The van der Waals surface area contributed by atoms with Crippen LogP contribution in [0.3, 0.4) is 0 Å². The fourth-order valence-electron chi connectivity index (χ4n) is 4.18. The first-order valence-electron chi connectivity index (χ1n) is 11.1. The number of nitrogen functional groups attached to an aromatic ring is 1. The third kappa shape index (κ3) is 3.94. The molecule has 35 heavy (non-hydrogen) atoms. The minimum atomic E-state index is -1.32. The summed E-state index contributed by atoms with van der Waals surface area (Å²) in [6.45, 7) is 2.01. The van der Waals surface area contributed by atoms with Crippen LogP contribution in [-0.4, -0.2) is 24.4 Å². The maximum atomic E-state index is 12.6. The number of nitrogens with zero attached hydrogens (tertiary/aromatic N) is 2. The average Bonchev–Trinajstić information content (AvgIpc) is 3.48. The maximum absolute atomic E-state index is 12.6. The normalized spacial score (nSPS) is 12.3. The molecule has 3 aromatic heterocycles. The van der Waals surface area contributed by atoms with E-state index in [0.29, 0.717) is 5.82 Å². The Morgan fingerprint density at radius 3 is 2.46 bits per heavy atom. The predicted molar refractivity (Wildman–Crippen MR) is 142 cm³/mol. The van der Waals surface area contributed by atoms with Gasteiger partial charge >= 0.3 is 0 Å². The van der Waals surface area contributed by atoms with Crippen molar-refractivity contribution in [3.05, 3.63) is 90.6 Å². The molecule has 8 heteroatoms. The Bertz CT molecular complexity index is 1700. The lowest BCUT2D eigenvalue weighted by Crippen LogP contribution is -2.04. The second-order valence-corrected chi connectivity index (χ2v) is 9.65. The highest BCUT2D eigenvalue weighted by Gasteiger charge is 2.12. The molecule has 1 unspecified atom stereocenters. The van der Waals surface area contributed by atoms with Crippen LogP contribution in [0.4, 0.5) is 11.5 Å². The van der Waals surface area contributed by atoms with E-state index in [1.807, 2.05) is 73.7 Å². The van der Waals surface area contributed by atoms with Gasteiger partial charge in [-0.05, 0) is 72.1 Å². The number of nitrogens with two attached hydrogens (primary N) is 1. The molecular formula is C27H22N6OS. The summed E-state index contributed by atoms with van der Waals surface area (Å²) in [5, 5.41) is 8.95. The number of anilines is 2. The molecule has 6 rings (SSSR count). The number of nitrogens with one attached hydrogen (secondary N) is 3. The molecule has 7 nitrogen and oxygen atoms in total. The molecule has 3 heterocycles. The van der Waals surface area contributed by atoms with Crippen LogP contribution in [0, 0.1) is 6.92 Å². The number of hydrogen-bond acceptors (Lipinski definition) is 4. The summed E-state index contributed by atoms with van der Waals surface area (Å²) in [5.41, 5.74) is 13.7. The van der Waals surface area contributed by atoms with Gasteiger partial charge in [-0.2, -0.15) is 5.10 Å². The van der Waals surface area contributed by atoms with Gasteiger partial charge in [-0.1, -0.05) is 35.9 Å². The zero-order valence-corrected chi connectivity index (χ0v) is 19.7. The number of benzene rings is 3. The van der Waals surface area contributed by atoms with Gasteiger partial charge in [-0.15, -0.1) is 0 Å². The van der Waals surface area contributed by atoms with Crippen molar-refractivity contribution in [1.29, 1.82) is 0 Å². The van der Waals surface area contributed by atoms with Gasteiger partial charge in [0, 0.05) is 28.4 Å². The van der Waals surface area contributed by atoms with E-state index >= 15 is 0 Å². The molecular weight excluding hydrogens is 456 g/mol. The van der Waals surface area contributed by atoms with Crippen LogP contribution in [0.1, 0.15) is 5.56 Å². The summed E-state index contributed by atoms with van der Waals surface area (Å²) >= 11 is 0. The fourth-order valence-corrected chi connectivity index (χ4v) is 5.03. The van der Waals surface area contributed by atoms with Gasteiger partial charge < -0.3 is 15.4 Å². The fraction of sp³-hybridized carbons (Fsp3) is 0.0370. The van der Waals surface area contributed by atoms with Crippen LogP contribution in [0.15, 0.2) is 90.0 Å². The molecule has 0 radical (unpaired) electrons. The van der Waals surface area contributed by atoms with Gasteiger partial charge in [-0.3, -0.25) is 5.10 Å². The Morgan fingerprint density at radius 1 is 0.886 bits per heavy atom. The second-order valence-electron chi connectivity index (χ2n) is 8.43. The van der Waals surface area contributed by atoms with Crippen molar-refractivity contribution in [2.45, 2.75) is 11.8 Å². The molecule has 1 atom stereocenters. The van der Waals surface area contributed by atoms with E-state index in [2.05, 4.69) is 37.0 Å². The van der Waals surface area contributed by atoms with Gasteiger partial charge in [0.15, 0.2) is 5.82 Å². The number of pyridine rings is 1. The molecule has 0 bridgehead atoms. The molecule has 172 valence electrons. The van der Waals surface area contributed by atoms with Gasteiger partial charge in [-0.25, -0.2) is 9.19 Å². The third-order valence-electron chi connectivity index (χ3n) is 6.08. The van der Waals surface area contributed by atoms with E-state index in [4.69, 9.17) is 5.73 Å². The summed E-state index contributed by atoms with van der Waals surface area (Å²) in [6.07, 6.45) is 1.80. The standard InChI is InChI=1S/C27H22N6OS/c1-16-2-9-20(10-3-16)35(34)33-19-7-4-17(5-8-19)25-15-22-21(12-13-29-27(22)30-25)18-6-11-24-23(14-18)26(28)32-31-24/h2-15,33H,1H3,(H,29,30)(H3,28,31,32). The number of aryl methyl sites for hydroxylation is 1. The van der Waals surface area contributed by atoms with Gasteiger partial charge in [0.1, 0.15) is 16.6 Å². The Labute approximate surface area is 204 Å². The van der Waals surface area contributed by atoms with Crippen LogP contribution < -0.4 is 10.5 Å². The van der Waals surface area contributed by atoms with Crippen molar-refractivity contribution in [2.24, 2.45) is 0 Å². The topological polar surface area (TPSA) is 112 Å². The van der Waals surface area contributed by atoms with Gasteiger partial charge in [0.25, 0.3) is 0 Å². The van der Waals surface area contributed by atoms with Gasteiger partial charge in [0.2, 0.25) is 0 Å². The second kappa shape index (κ2) is 8.41. The molecule has 3 aromatic carbocycles. The molecule has 5 N–H and O–H groups in total. The lowest BCUT2D eigenvalue weighted by Gasteiger charge is -2.07. The molecule has 0 aliphatic rings. The molecule has 0 fully saturated rings. The zero-order valence-electron chi connectivity index (χ0n) is 18.9. The van der Waals surface area contributed by atoms with E-state index in [1.54, 1.807) is 6.20 Å². The lowest BCUT2D eigenvalue weighted by atomic mass is 10.0. The van der Waals surface area contributed by atoms with Crippen molar-refractivity contribution in [2.75, 3.05) is 10.5 Å². The number of fused-ring (bicyclic) bond motifs is 2. The molecule has 6 aromatic rings. The van der Waals surface area contributed by atoms with Crippen LogP contribution >= 0.6 is 0 Å². The Balaban J connectivity index is 1.30. The van der Waals surface area contributed by atoms with Crippen molar-refractivity contribution >= 4 is 44.4 Å². The van der Waals surface area contributed by atoms with Crippen molar-refractivity contribution < 1.29 is 4.21 Å². The maximum Gasteiger partial charge on any atom is 0.153 e. The monoisotopic (exact) mass is 478 g/mol. The smallest absolute Gasteiger partial charge is 0.153 e. The first kappa shape index (κ1) is 21.1. The molecule has 0 saturated carbocycles.